The number of carbonyl (C=O) groups is 3. The van der Waals surface area contributed by atoms with Gasteiger partial charge in [0.2, 0.25) is 0 Å². The summed E-state index contributed by atoms with van der Waals surface area (Å²) in [6.07, 6.45) is 19.2. The molecule has 10 rings (SSSR count). The monoisotopic (exact) mass is 876 g/mol. The first kappa shape index (κ1) is 45.4. The van der Waals surface area contributed by atoms with Crippen molar-refractivity contribution in [1.82, 2.24) is 10.2 Å². The first-order valence-corrected chi connectivity index (χ1v) is 23.3. The zero-order valence-electron chi connectivity index (χ0n) is 37.0. The van der Waals surface area contributed by atoms with Gasteiger partial charge in [-0.15, -0.1) is 0 Å². The summed E-state index contributed by atoms with van der Waals surface area (Å²) in [5.74, 6) is -0.0767. The minimum Gasteiger partial charge on any atom is -0.490 e. The highest BCUT2D eigenvalue weighted by Gasteiger charge is 2.41. The van der Waals surface area contributed by atoms with E-state index < -0.39 is 11.8 Å². The van der Waals surface area contributed by atoms with Gasteiger partial charge in [-0.2, -0.15) is 0 Å². The topological polar surface area (TPSA) is 114 Å². The van der Waals surface area contributed by atoms with Crippen molar-refractivity contribution < 1.29 is 42.5 Å². The molecule has 4 aliphatic carbocycles. The molecule has 4 aromatic rings. The van der Waals surface area contributed by atoms with Gasteiger partial charge in [-0.05, 0) is 129 Å². The Balaban J connectivity index is 0.000000152. The average Bonchev–Trinajstić information content (AvgIpc) is 3.25. The summed E-state index contributed by atoms with van der Waals surface area (Å²) in [5.41, 5.74) is 4.58. The molecule has 2 spiro atoms. The molecule has 11 heteroatoms. The summed E-state index contributed by atoms with van der Waals surface area (Å²) in [6.45, 7) is 2.97. The molecule has 0 unspecified atom stereocenters. The van der Waals surface area contributed by atoms with Gasteiger partial charge in [-0.1, -0.05) is 67.4 Å². The van der Waals surface area contributed by atoms with Crippen LogP contribution < -0.4 is 14.8 Å². The SMILES string of the molecule is COC(=O)C1CNC1.O=C(O)C1CN(Cc2cccc(-c3ccc(OC4CCC5(CCC5)CC4)cc3)c2F)C1.O=Cc1cccc(-c2ccc(OC3CCC4(CCC4)CC3)cc2)c1F. The van der Waals surface area contributed by atoms with Crippen LogP contribution in [0.25, 0.3) is 22.3 Å². The Morgan fingerprint density at radius 1 is 0.688 bits per heavy atom. The maximum atomic E-state index is 15.1. The van der Waals surface area contributed by atoms with Gasteiger partial charge in [0.25, 0.3) is 0 Å². The number of carbonyl (C=O) groups excluding carboxylic acids is 2. The van der Waals surface area contributed by atoms with Crippen LogP contribution in [0.2, 0.25) is 0 Å². The number of rotatable bonds is 11. The van der Waals surface area contributed by atoms with Gasteiger partial charge >= 0.3 is 11.9 Å². The van der Waals surface area contributed by atoms with E-state index >= 15 is 4.39 Å². The van der Waals surface area contributed by atoms with Crippen LogP contribution in [-0.4, -0.2) is 73.7 Å². The molecule has 4 aromatic carbocycles. The molecule has 6 fully saturated rings. The number of nitrogens with one attached hydrogen (secondary N) is 1. The van der Waals surface area contributed by atoms with Gasteiger partial charge < -0.3 is 24.6 Å². The van der Waals surface area contributed by atoms with Gasteiger partial charge in [0, 0.05) is 49.4 Å². The summed E-state index contributed by atoms with van der Waals surface area (Å²) in [4.78, 5) is 34.4. The molecular formula is C53H62F2N2O7. The van der Waals surface area contributed by atoms with Crippen LogP contribution in [0.4, 0.5) is 8.78 Å². The third-order valence-corrected chi connectivity index (χ3v) is 15.0. The third-order valence-electron chi connectivity index (χ3n) is 15.0. The van der Waals surface area contributed by atoms with Crippen LogP contribution in [-0.2, 0) is 20.9 Å². The minimum atomic E-state index is -0.774. The second-order valence-corrected chi connectivity index (χ2v) is 19.1. The summed E-state index contributed by atoms with van der Waals surface area (Å²) in [5, 5.41) is 12.0. The van der Waals surface area contributed by atoms with E-state index in [1.165, 1.54) is 77.4 Å². The number of ether oxygens (including phenoxy) is 3. The Morgan fingerprint density at radius 2 is 1.17 bits per heavy atom. The van der Waals surface area contributed by atoms with Crippen molar-refractivity contribution in [3.63, 3.8) is 0 Å². The predicted octanol–water partition coefficient (Wildman–Crippen LogP) is 10.7. The summed E-state index contributed by atoms with van der Waals surface area (Å²) in [6, 6.07) is 25.6. The number of carboxylic acid groups (broad SMARTS) is 1. The molecule has 2 heterocycles. The third kappa shape index (κ3) is 10.7. The van der Waals surface area contributed by atoms with Crippen LogP contribution in [0.1, 0.15) is 106 Å². The fourth-order valence-corrected chi connectivity index (χ4v) is 10.3. The molecule has 6 aliphatic rings. The molecule has 2 saturated heterocycles. The molecule has 0 bridgehead atoms. The number of hydrogen-bond acceptors (Lipinski definition) is 8. The van der Waals surface area contributed by atoms with Crippen LogP contribution in [0.5, 0.6) is 11.5 Å². The van der Waals surface area contributed by atoms with E-state index in [-0.39, 0.29) is 29.2 Å². The van der Waals surface area contributed by atoms with E-state index in [1.807, 2.05) is 59.5 Å². The van der Waals surface area contributed by atoms with Crippen LogP contribution in [0.15, 0.2) is 84.9 Å². The second-order valence-electron chi connectivity index (χ2n) is 19.1. The number of benzene rings is 4. The van der Waals surface area contributed by atoms with Crippen molar-refractivity contribution >= 4 is 18.2 Å². The van der Waals surface area contributed by atoms with Crippen molar-refractivity contribution in [3.05, 3.63) is 108 Å². The molecule has 9 nitrogen and oxygen atoms in total. The highest BCUT2D eigenvalue weighted by molar-refractivity contribution is 5.80. The van der Waals surface area contributed by atoms with Gasteiger partial charge in [0.1, 0.15) is 23.1 Å². The average molecular weight is 877 g/mol. The predicted molar refractivity (Wildman–Crippen MR) is 242 cm³/mol. The number of halogens is 2. The minimum absolute atomic E-state index is 0.0879. The summed E-state index contributed by atoms with van der Waals surface area (Å²) < 4.78 is 46.3. The van der Waals surface area contributed by atoms with Crippen LogP contribution in [0, 0.1) is 34.3 Å². The van der Waals surface area contributed by atoms with Gasteiger partial charge in [0.05, 0.1) is 36.7 Å². The number of likely N-dealkylation sites (tertiary alicyclic amines) is 1. The van der Waals surface area contributed by atoms with Crippen molar-refractivity contribution in [1.29, 1.82) is 0 Å². The lowest BCUT2D eigenvalue weighted by atomic mass is 9.60. The molecule has 0 aromatic heterocycles. The molecule has 64 heavy (non-hydrogen) atoms. The number of esters is 1. The van der Waals surface area contributed by atoms with Gasteiger partial charge in [-0.3, -0.25) is 19.3 Å². The smallest absolute Gasteiger partial charge is 0.311 e. The first-order valence-electron chi connectivity index (χ1n) is 23.3. The van der Waals surface area contributed by atoms with Crippen LogP contribution >= 0.6 is 0 Å². The highest BCUT2D eigenvalue weighted by Crippen LogP contribution is 2.53. The summed E-state index contributed by atoms with van der Waals surface area (Å²) in [7, 11) is 1.42. The molecule has 2 aliphatic heterocycles. The molecule has 4 saturated carbocycles. The zero-order chi connectivity index (χ0) is 44.7. The lowest BCUT2D eigenvalue weighted by Crippen LogP contribution is -2.49. The fraction of sp³-hybridized carbons (Fsp3) is 0.491. The number of methoxy groups -OCH3 is 1. The van der Waals surface area contributed by atoms with Crippen molar-refractivity contribution in [2.75, 3.05) is 33.3 Å². The Labute approximate surface area is 375 Å². The van der Waals surface area contributed by atoms with E-state index in [0.717, 1.165) is 61.4 Å². The quantitative estimate of drug-likeness (QED) is 0.112. The highest BCUT2D eigenvalue weighted by atomic mass is 19.1. The maximum absolute atomic E-state index is 15.1. The van der Waals surface area contributed by atoms with E-state index in [2.05, 4.69) is 10.1 Å². The van der Waals surface area contributed by atoms with Crippen LogP contribution in [0.3, 0.4) is 0 Å². The standard InChI is InChI=1S/C26H30FNO3.C22H23FO2.C5H9NO2/c27-24-19(15-28-16-20(17-28)25(29)30)3-1-4-23(24)18-5-7-21(8-6-18)31-22-9-13-26(14-10-22)11-2-12-26;23-21-17(15-24)3-1-4-20(21)16-5-7-18(8-6-16)25-19-9-13-22(14-10-19)11-2-12-22;1-8-5(7)4-2-6-3-4/h1,3-8,20,22H,2,9-17H2,(H,29,30);1,3-8,15,19H,2,9-14H2;4,6H,2-3H2,1H3. The molecule has 0 radical (unpaired) electrons. The van der Waals surface area contributed by atoms with E-state index in [0.29, 0.717) is 65.6 Å². The second kappa shape index (κ2) is 20.4. The Kier molecular flexibility index (Phi) is 14.5. The molecule has 340 valence electrons. The van der Waals surface area contributed by atoms with Crippen molar-refractivity contribution in [2.24, 2.45) is 22.7 Å². The fourth-order valence-electron chi connectivity index (χ4n) is 10.3. The Bertz CT molecular complexity index is 2210. The lowest BCUT2D eigenvalue weighted by Gasteiger charge is -2.46. The number of aliphatic carboxylic acids is 1. The molecular weight excluding hydrogens is 815 g/mol. The number of nitrogens with zero attached hydrogens (tertiary/aromatic N) is 1. The summed E-state index contributed by atoms with van der Waals surface area (Å²) >= 11 is 0. The normalized spacial score (nSPS) is 21.3. The van der Waals surface area contributed by atoms with Gasteiger partial charge in [0.15, 0.2) is 6.29 Å². The molecule has 2 N–H and O–H groups in total. The molecule has 0 amide bonds. The Hall–Kier alpha value is -5.13. The molecule has 0 atom stereocenters. The maximum Gasteiger partial charge on any atom is 0.311 e. The van der Waals surface area contributed by atoms with Crippen molar-refractivity contribution in [3.8, 4) is 33.8 Å². The first-order chi connectivity index (χ1) is 31.0. The zero-order valence-corrected chi connectivity index (χ0v) is 37.0. The van der Waals surface area contributed by atoms with Gasteiger partial charge in [-0.25, -0.2) is 8.78 Å². The van der Waals surface area contributed by atoms with E-state index in [1.54, 1.807) is 24.3 Å². The van der Waals surface area contributed by atoms with E-state index in [4.69, 9.17) is 14.6 Å². The van der Waals surface area contributed by atoms with E-state index in [9.17, 15) is 18.8 Å². The Morgan fingerprint density at radius 3 is 1.56 bits per heavy atom. The lowest BCUT2D eigenvalue weighted by molar-refractivity contribution is -0.148. The van der Waals surface area contributed by atoms with Crippen molar-refractivity contribution in [2.45, 2.75) is 109 Å². The number of hydrogen-bond donors (Lipinski definition) is 2. The number of aldehydes is 1. The number of carboxylic acids is 1. The largest absolute Gasteiger partial charge is 0.490 e.